The molecule has 0 spiro atoms. The molecule has 1 fully saturated rings. The molecule has 1 aliphatic rings. The number of carbonyl (C=O) groups excluding carboxylic acids is 1. The number of hydrogen-bond acceptors (Lipinski definition) is 3. The molecule has 1 amide bonds. The summed E-state index contributed by atoms with van der Waals surface area (Å²) in [5.74, 6) is 0. The monoisotopic (exact) mass is 214 g/mol. The Labute approximate surface area is 92.0 Å². The van der Waals surface area contributed by atoms with E-state index in [4.69, 9.17) is 4.74 Å². The van der Waals surface area contributed by atoms with Gasteiger partial charge in [-0.15, -0.1) is 0 Å². The van der Waals surface area contributed by atoms with Crippen LogP contribution >= 0.6 is 0 Å². The molecule has 0 unspecified atom stereocenters. The molecule has 0 aromatic rings. The van der Waals surface area contributed by atoms with Gasteiger partial charge in [-0.3, -0.25) is 0 Å². The van der Waals surface area contributed by atoms with Crippen LogP contribution in [0.4, 0.5) is 4.79 Å². The van der Waals surface area contributed by atoms with Gasteiger partial charge < -0.3 is 15.0 Å². The first kappa shape index (κ1) is 12.3. The van der Waals surface area contributed by atoms with Crippen molar-refractivity contribution < 1.29 is 9.53 Å². The molecule has 0 aromatic carbocycles. The molecule has 0 bridgehead atoms. The minimum atomic E-state index is -0.300. The molecule has 15 heavy (non-hydrogen) atoms. The van der Waals surface area contributed by atoms with Crippen molar-refractivity contribution in [2.24, 2.45) is 0 Å². The highest BCUT2D eigenvalue weighted by atomic mass is 16.6. The van der Waals surface area contributed by atoms with Crippen molar-refractivity contribution in [3.8, 4) is 0 Å². The van der Waals surface area contributed by atoms with Gasteiger partial charge in [-0.05, 0) is 52.7 Å². The second kappa shape index (κ2) is 6.67. The number of carbonyl (C=O) groups is 1. The van der Waals surface area contributed by atoms with Crippen LogP contribution in [0.5, 0.6) is 0 Å². The minimum Gasteiger partial charge on any atom is -0.447 e. The summed E-state index contributed by atoms with van der Waals surface area (Å²) in [7, 11) is 0. The van der Waals surface area contributed by atoms with Crippen molar-refractivity contribution in [1.29, 1.82) is 0 Å². The van der Waals surface area contributed by atoms with E-state index >= 15 is 0 Å². The van der Waals surface area contributed by atoms with Crippen molar-refractivity contribution >= 4 is 6.09 Å². The maximum Gasteiger partial charge on any atom is 0.407 e. The van der Waals surface area contributed by atoms with Crippen LogP contribution in [0.3, 0.4) is 0 Å². The fourth-order valence-corrected chi connectivity index (χ4v) is 1.76. The summed E-state index contributed by atoms with van der Waals surface area (Å²) in [6.07, 6.45) is 3.31. The van der Waals surface area contributed by atoms with Gasteiger partial charge in [-0.25, -0.2) is 4.79 Å². The van der Waals surface area contributed by atoms with E-state index in [2.05, 4.69) is 10.2 Å². The lowest BCUT2D eigenvalue weighted by atomic mass is 10.4. The summed E-state index contributed by atoms with van der Waals surface area (Å²) in [5, 5.41) is 2.75. The molecule has 1 rings (SSSR count). The molecular formula is C11H22N2O2. The van der Waals surface area contributed by atoms with Crippen molar-refractivity contribution in [2.45, 2.75) is 39.2 Å². The second-order valence-electron chi connectivity index (χ2n) is 4.28. The van der Waals surface area contributed by atoms with Crippen LogP contribution < -0.4 is 5.32 Å². The van der Waals surface area contributed by atoms with E-state index in [0.717, 1.165) is 13.0 Å². The first-order valence-corrected chi connectivity index (χ1v) is 5.85. The van der Waals surface area contributed by atoms with Gasteiger partial charge in [0.2, 0.25) is 0 Å². The van der Waals surface area contributed by atoms with Crippen LogP contribution in [0.1, 0.15) is 33.1 Å². The Balaban J connectivity index is 1.94. The number of rotatable bonds is 5. The smallest absolute Gasteiger partial charge is 0.407 e. The summed E-state index contributed by atoms with van der Waals surface area (Å²) in [6, 6.07) is 0. The quantitative estimate of drug-likeness (QED) is 0.707. The van der Waals surface area contributed by atoms with Crippen molar-refractivity contribution in [1.82, 2.24) is 10.2 Å². The molecule has 0 atom stereocenters. The predicted molar refractivity (Wildman–Crippen MR) is 59.9 cm³/mol. The molecule has 4 heteroatoms. The Hall–Kier alpha value is -0.770. The van der Waals surface area contributed by atoms with Gasteiger partial charge in [0.15, 0.2) is 0 Å². The Morgan fingerprint density at radius 3 is 2.67 bits per heavy atom. The highest BCUT2D eigenvalue weighted by Gasteiger charge is 2.10. The summed E-state index contributed by atoms with van der Waals surface area (Å²) >= 11 is 0. The standard InChI is InChI=1S/C11H22N2O2/c1-10(2)15-11(14)12-6-5-9-13-7-3-4-8-13/h10H,3-9H2,1-2H3,(H,12,14). The number of amides is 1. The number of nitrogens with one attached hydrogen (secondary N) is 1. The van der Waals surface area contributed by atoms with Gasteiger partial charge >= 0.3 is 6.09 Å². The zero-order valence-electron chi connectivity index (χ0n) is 9.79. The lowest BCUT2D eigenvalue weighted by molar-refractivity contribution is 0.115. The minimum absolute atomic E-state index is 0.0383. The molecule has 1 saturated heterocycles. The third kappa shape index (κ3) is 5.62. The SMILES string of the molecule is CC(C)OC(=O)NCCCN1CCCC1. The van der Waals surface area contributed by atoms with Crippen LogP contribution in [-0.2, 0) is 4.74 Å². The van der Waals surface area contributed by atoms with Gasteiger partial charge in [-0.2, -0.15) is 0 Å². The van der Waals surface area contributed by atoms with E-state index in [1.165, 1.54) is 25.9 Å². The molecule has 0 aromatic heterocycles. The molecule has 0 radical (unpaired) electrons. The number of hydrogen-bond donors (Lipinski definition) is 1. The van der Waals surface area contributed by atoms with E-state index in [-0.39, 0.29) is 12.2 Å². The van der Waals surface area contributed by atoms with Gasteiger partial charge in [-0.1, -0.05) is 0 Å². The summed E-state index contributed by atoms with van der Waals surface area (Å²) in [5.41, 5.74) is 0. The van der Waals surface area contributed by atoms with Crippen molar-refractivity contribution in [2.75, 3.05) is 26.2 Å². The summed E-state index contributed by atoms with van der Waals surface area (Å²) in [4.78, 5) is 13.5. The molecule has 0 aliphatic carbocycles. The van der Waals surface area contributed by atoms with Crippen LogP contribution in [0.15, 0.2) is 0 Å². The molecule has 4 nitrogen and oxygen atoms in total. The largest absolute Gasteiger partial charge is 0.447 e. The highest BCUT2D eigenvalue weighted by molar-refractivity contribution is 5.67. The molecule has 88 valence electrons. The number of ether oxygens (including phenoxy) is 1. The summed E-state index contributed by atoms with van der Waals surface area (Å²) in [6.45, 7) is 7.94. The van der Waals surface area contributed by atoms with Crippen LogP contribution in [0, 0.1) is 0 Å². The van der Waals surface area contributed by atoms with E-state index in [0.29, 0.717) is 6.54 Å². The normalized spacial score (nSPS) is 17.0. The van der Waals surface area contributed by atoms with Crippen molar-refractivity contribution in [3.63, 3.8) is 0 Å². The van der Waals surface area contributed by atoms with Crippen LogP contribution in [0.25, 0.3) is 0 Å². The topological polar surface area (TPSA) is 41.6 Å². The van der Waals surface area contributed by atoms with Gasteiger partial charge in [0.1, 0.15) is 0 Å². The average molecular weight is 214 g/mol. The van der Waals surface area contributed by atoms with Gasteiger partial charge in [0.25, 0.3) is 0 Å². The Bertz CT molecular complexity index is 189. The first-order valence-electron chi connectivity index (χ1n) is 5.85. The predicted octanol–water partition coefficient (Wildman–Crippen LogP) is 1.61. The molecule has 1 aliphatic heterocycles. The lowest BCUT2D eigenvalue weighted by Crippen LogP contribution is -2.30. The fraction of sp³-hybridized carbons (Fsp3) is 0.909. The number of likely N-dealkylation sites (tertiary alicyclic amines) is 1. The van der Waals surface area contributed by atoms with Crippen LogP contribution in [-0.4, -0.2) is 43.3 Å². The first-order chi connectivity index (χ1) is 7.18. The summed E-state index contributed by atoms with van der Waals surface area (Å²) < 4.78 is 4.96. The van der Waals surface area contributed by atoms with E-state index in [9.17, 15) is 4.79 Å². The Morgan fingerprint density at radius 2 is 2.07 bits per heavy atom. The average Bonchev–Trinajstić information content (AvgIpc) is 2.63. The molecule has 1 N–H and O–H groups in total. The highest BCUT2D eigenvalue weighted by Crippen LogP contribution is 2.06. The maximum atomic E-state index is 11.1. The van der Waals surface area contributed by atoms with E-state index in [1.54, 1.807) is 0 Å². The zero-order chi connectivity index (χ0) is 11.1. The third-order valence-electron chi connectivity index (χ3n) is 2.46. The second-order valence-corrected chi connectivity index (χ2v) is 4.28. The number of nitrogens with zero attached hydrogens (tertiary/aromatic N) is 1. The Morgan fingerprint density at radius 1 is 1.40 bits per heavy atom. The van der Waals surface area contributed by atoms with Gasteiger partial charge in [0.05, 0.1) is 6.10 Å². The van der Waals surface area contributed by atoms with Gasteiger partial charge in [0, 0.05) is 6.54 Å². The van der Waals surface area contributed by atoms with E-state index < -0.39 is 0 Å². The third-order valence-corrected chi connectivity index (χ3v) is 2.46. The zero-order valence-corrected chi connectivity index (χ0v) is 9.79. The molecular weight excluding hydrogens is 192 g/mol. The lowest BCUT2D eigenvalue weighted by Gasteiger charge is -2.14. The van der Waals surface area contributed by atoms with Crippen LogP contribution in [0.2, 0.25) is 0 Å². The Kier molecular flexibility index (Phi) is 5.47. The van der Waals surface area contributed by atoms with E-state index in [1.807, 2.05) is 13.8 Å². The molecule has 1 heterocycles. The number of alkyl carbamates (subject to hydrolysis) is 1. The molecule has 0 saturated carbocycles. The fourth-order valence-electron chi connectivity index (χ4n) is 1.76. The van der Waals surface area contributed by atoms with Crippen molar-refractivity contribution in [3.05, 3.63) is 0 Å². The maximum absolute atomic E-state index is 11.1.